The van der Waals surface area contributed by atoms with Crippen LogP contribution in [-0.4, -0.2) is 32.7 Å². The van der Waals surface area contributed by atoms with Crippen LogP contribution in [0.5, 0.6) is 0 Å². The van der Waals surface area contributed by atoms with Crippen molar-refractivity contribution in [3.8, 4) is 0 Å². The van der Waals surface area contributed by atoms with Gasteiger partial charge in [0.05, 0.1) is 13.2 Å². The van der Waals surface area contributed by atoms with Gasteiger partial charge in [0.25, 0.3) is 0 Å². The fourth-order valence-corrected chi connectivity index (χ4v) is 2.23. The second-order valence-electron chi connectivity index (χ2n) is 5.55. The summed E-state index contributed by atoms with van der Waals surface area (Å²) in [6, 6.07) is 10.2. The summed E-state index contributed by atoms with van der Waals surface area (Å²) in [7, 11) is 1.81. The number of halogens is 1. The van der Waals surface area contributed by atoms with Crippen LogP contribution in [0, 0.1) is 5.92 Å². The molecule has 0 amide bonds. The van der Waals surface area contributed by atoms with Gasteiger partial charge in [0.2, 0.25) is 0 Å². The van der Waals surface area contributed by atoms with Crippen molar-refractivity contribution in [2.75, 3.05) is 26.7 Å². The third-order valence-electron chi connectivity index (χ3n) is 3.65. The maximum absolute atomic E-state index is 5.63. The van der Waals surface area contributed by atoms with Crippen molar-refractivity contribution in [2.45, 2.75) is 32.3 Å². The maximum Gasteiger partial charge on any atom is 0.191 e. The van der Waals surface area contributed by atoms with Crippen LogP contribution >= 0.6 is 24.0 Å². The molecule has 1 aliphatic rings. The number of benzene rings is 1. The van der Waals surface area contributed by atoms with Crippen LogP contribution in [0.3, 0.4) is 0 Å². The van der Waals surface area contributed by atoms with E-state index in [4.69, 9.17) is 4.74 Å². The van der Waals surface area contributed by atoms with Crippen molar-refractivity contribution in [2.24, 2.45) is 10.9 Å². The van der Waals surface area contributed by atoms with E-state index in [1.54, 1.807) is 7.05 Å². The van der Waals surface area contributed by atoms with E-state index in [9.17, 15) is 0 Å². The highest BCUT2D eigenvalue weighted by Crippen LogP contribution is 2.33. The zero-order valence-electron chi connectivity index (χ0n) is 13.4. The van der Waals surface area contributed by atoms with E-state index in [1.807, 2.05) is 18.2 Å². The van der Waals surface area contributed by atoms with E-state index in [2.05, 4.69) is 27.8 Å². The molecule has 2 N–H and O–H groups in total. The summed E-state index contributed by atoms with van der Waals surface area (Å²) in [5.41, 5.74) is 1.21. The van der Waals surface area contributed by atoms with Crippen LogP contribution in [0.25, 0.3) is 0 Å². The molecule has 124 valence electrons. The van der Waals surface area contributed by atoms with E-state index in [-0.39, 0.29) is 24.0 Å². The average molecular weight is 417 g/mol. The Hall–Kier alpha value is -0.820. The Morgan fingerprint density at radius 1 is 1.18 bits per heavy atom. The number of hydrogen-bond acceptors (Lipinski definition) is 2. The Morgan fingerprint density at radius 2 is 1.91 bits per heavy atom. The molecule has 22 heavy (non-hydrogen) atoms. The molecule has 0 heterocycles. The summed E-state index contributed by atoms with van der Waals surface area (Å²) in [5.74, 6) is 1.88. The largest absolute Gasteiger partial charge is 0.375 e. The van der Waals surface area contributed by atoms with Gasteiger partial charge in [-0.15, -0.1) is 24.0 Å². The van der Waals surface area contributed by atoms with Gasteiger partial charge in [0.15, 0.2) is 5.96 Å². The molecule has 0 radical (unpaired) electrons. The lowest BCUT2D eigenvalue weighted by atomic mass is 10.2. The smallest absolute Gasteiger partial charge is 0.191 e. The molecule has 1 aliphatic carbocycles. The molecule has 1 saturated carbocycles. The summed E-state index contributed by atoms with van der Waals surface area (Å²) < 4.78 is 5.63. The lowest BCUT2D eigenvalue weighted by Gasteiger charge is -2.12. The normalized spacial score (nSPS) is 14.3. The highest BCUT2D eigenvalue weighted by atomic mass is 127. The van der Waals surface area contributed by atoms with Crippen LogP contribution in [0.2, 0.25) is 0 Å². The third kappa shape index (κ3) is 8.58. The standard InChI is InChI=1S/C17H27N3O.HI/c1-18-17(19-11-5-8-15-9-10-15)20-12-13-21-14-16-6-3-2-4-7-16;/h2-4,6-7,15H,5,8-14H2,1H3,(H2,18,19,20);1H. The van der Waals surface area contributed by atoms with Gasteiger partial charge >= 0.3 is 0 Å². The van der Waals surface area contributed by atoms with Gasteiger partial charge in [-0.1, -0.05) is 43.2 Å². The highest BCUT2D eigenvalue weighted by Gasteiger charge is 2.19. The van der Waals surface area contributed by atoms with Gasteiger partial charge in [-0.2, -0.15) is 0 Å². The van der Waals surface area contributed by atoms with Crippen LogP contribution < -0.4 is 10.6 Å². The molecule has 0 bridgehead atoms. The van der Waals surface area contributed by atoms with E-state index in [0.717, 1.165) is 25.0 Å². The number of rotatable bonds is 9. The molecule has 0 spiro atoms. The number of nitrogens with one attached hydrogen (secondary N) is 2. The summed E-state index contributed by atoms with van der Waals surface area (Å²) in [6.07, 6.45) is 5.46. The summed E-state index contributed by atoms with van der Waals surface area (Å²) >= 11 is 0. The molecule has 2 rings (SSSR count). The molecule has 1 aromatic rings. The van der Waals surface area contributed by atoms with Crippen LogP contribution in [0.1, 0.15) is 31.2 Å². The molecule has 0 aliphatic heterocycles. The first-order chi connectivity index (χ1) is 10.4. The average Bonchev–Trinajstić information content (AvgIpc) is 3.34. The zero-order valence-corrected chi connectivity index (χ0v) is 15.7. The van der Waals surface area contributed by atoms with Gasteiger partial charge < -0.3 is 15.4 Å². The van der Waals surface area contributed by atoms with Crippen LogP contribution in [0.15, 0.2) is 35.3 Å². The number of guanidine groups is 1. The Labute approximate surface area is 151 Å². The Kier molecular flexibility index (Phi) is 10.2. The molecule has 1 aromatic carbocycles. The second kappa shape index (κ2) is 11.7. The number of ether oxygens (including phenoxy) is 1. The summed E-state index contributed by atoms with van der Waals surface area (Å²) in [6.45, 7) is 3.11. The monoisotopic (exact) mass is 417 g/mol. The third-order valence-corrected chi connectivity index (χ3v) is 3.65. The van der Waals surface area contributed by atoms with Gasteiger partial charge in [0.1, 0.15) is 0 Å². The molecular formula is C17H28IN3O. The van der Waals surface area contributed by atoms with E-state index < -0.39 is 0 Å². The second-order valence-corrected chi connectivity index (χ2v) is 5.55. The van der Waals surface area contributed by atoms with E-state index in [1.165, 1.54) is 31.2 Å². The summed E-state index contributed by atoms with van der Waals surface area (Å²) in [5, 5.41) is 6.62. The van der Waals surface area contributed by atoms with Gasteiger partial charge in [-0.25, -0.2) is 0 Å². The molecule has 0 saturated heterocycles. The Bertz CT molecular complexity index is 421. The molecule has 0 unspecified atom stereocenters. The molecule has 5 heteroatoms. The minimum absolute atomic E-state index is 0. The van der Waals surface area contributed by atoms with Crippen LogP contribution in [0.4, 0.5) is 0 Å². The van der Waals surface area contributed by atoms with Crippen molar-refractivity contribution in [1.82, 2.24) is 10.6 Å². The van der Waals surface area contributed by atoms with E-state index >= 15 is 0 Å². The maximum atomic E-state index is 5.63. The lowest BCUT2D eigenvalue weighted by molar-refractivity contribution is 0.125. The fraction of sp³-hybridized carbons (Fsp3) is 0.588. The predicted molar refractivity (Wildman–Crippen MR) is 103 cm³/mol. The number of aliphatic imine (C=N–C) groups is 1. The minimum atomic E-state index is 0. The van der Waals surface area contributed by atoms with Gasteiger partial charge in [-0.3, -0.25) is 4.99 Å². The topological polar surface area (TPSA) is 45.7 Å². The first-order valence-corrected chi connectivity index (χ1v) is 7.94. The van der Waals surface area contributed by atoms with Crippen molar-refractivity contribution >= 4 is 29.9 Å². The van der Waals surface area contributed by atoms with Crippen molar-refractivity contribution in [3.63, 3.8) is 0 Å². The quantitative estimate of drug-likeness (QED) is 0.281. The first kappa shape index (κ1) is 19.2. The van der Waals surface area contributed by atoms with E-state index in [0.29, 0.717) is 13.2 Å². The number of nitrogens with zero attached hydrogens (tertiary/aromatic N) is 1. The SMILES string of the molecule is CN=C(NCCCC1CC1)NCCOCc1ccccc1.I. The Morgan fingerprint density at radius 3 is 2.59 bits per heavy atom. The highest BCUT2D eigenvalue weighted by molar-refractivity contribution is 14.0. The first-order valence-electron chi connectivity index (χ1n) is 7.94. The molecular weight excluding hydrogens is 389 g/mol. The molecule has 1 fully saturated rings. The van der Waals surface area contributed by atoms with Crippen molar-refractivity contribution < 1.29 is 4.74 Å². The zero-order chi connectivity index (χ0) is 14.8. The fourth-order valence-electron chi connectivity index (χ4n) is 2.23. The van der Waals surface area contributed by atoms with Crippen molar-refractivity contribution in [1.29, 1.82) is 0 Å². The van der Waals surface area contributed by atoms with Crippen LogP contribution in [-0.2, 0) is 11.3 Å². The Balaban J connectivity index is 0.00000242. The van der Waals surface area contributed by atoms with Crippen molar-refractivity contribution in [3.05, 3.63) is 35.9 Å². The van der Waals surface area contributed by atoms with Gasteiger partial charge in [-0.05, 0) is 24.3 Å². The lowest BCUT2D eigenvalue weighted by Crippen LogP contribution is -2.39. The molecule has 0 aromatic heterocycles. The molecule has 0 atom stereocenters. The summed E-state index contributed by atoms with van der Waals surface area (Å²) in [4.78, 5) is 4.22. The predicted octanol–water partition coefficient (Wildman–Crippen LogP) is 3.18. The number of hydrogen-bond donors (Lipinski definition) is 2. The molecule has 4 nitrogen and oxygen atoms in total. The minimum Gasteiger partial charge on any atom is -0.375 e. The van der Waals surface area contributed by atoms with Gasteiger partial charge in [0, 0.05) is 20.1 Å².